The molecule has 0 heterocycles. The van der Waals surface area contributed by atoms with Crippen molar-refractivity contribution >= 4 is 41.4 Å². The predicted octanol–water partition coefficient (Wildman–Crippen LogP) is -3.89. The van der Waals surface area contributed by atoms with Crippen molar-refractivity contribution in [2.24, 2.45) is 22.9 Å². The zero-order valence-corrected chi connectivity index (χ0v) is 19.8. The Morgan fingerprint density at radius 1 is 0.703 bits per heavy atom. The van der Waals surface area contributed by atoms with Crippen LogP contribution in [0.25, 0.3) is 0 Å². The predicted molar refractivity (Wildman–Crippen MR) is 128 cm³/mol. The van der Waals surface area contributed by atoms with Crippen LogP contribution in [0.4, 0.5) is 0 Å². The van der Waals surface area contributed by atoms with Crippen molar-refractivity contribution < 1.29 is 38.7 Å². The first-order valence-electron chi connectivity index (χ1n) is 11.1. The molecule has 0 saturated carbocycles. The highest BCUT2D eigenvalue weighted by molar-refractivity contribution is 5.97. The minimum atomic E-state index is -1.57. The molecule has 202 valence electrons. The van der Waals surface area contributed by atoms with E-state index in [0.29, 0.717) is 5.56 Å². The number of benzene rings is 1. The molecular weight excluding hydrogens is 490 g/mol. The van der Waals surface area contributed by atoms with E-state index in [1.165, 1.54) is 0 Å². The molecule has 12 N–H and O–H groups in total. The number of carboxylic acid groups (broad SMARTS) is 1. The Balaban J connectivity index is 3.13. The van der Waals surface area contributed by atoms with Crippen LogP contribution >= 0.6 is 0 Å². The quantitative estimate of drug-likeness (QED) is 0.105. The summed E-state index contributed by atoms with van der Waals surface area (Å²) in [6.45, 7) is 0. The van der Waals surface area contributed by atoms with Gasteiger partial charge < -0.3 is 44.0 Å². The fraction of sp³-hybridized carbons (Fsp3) is 0.409. The van der Waals surface area contributed by atoms with E-state index >= 15 is 0 Å². The molecule has 0 bridgehead atoms. The Hall–Kier alpha value is -4.53. The molecule has 37 heavy (non-hydrogen) atoms. The number of carbonyl (C=O) groups excluding carboxylic acids is 6. The maximum absolute atomic E-state index is 13.0. The lowest BCUT2D eigenvalue weighted by atomic mass is 10.0. The van der Waals surface area contributed by atoms with E-state index < -0.39 is 78.4 Å². The molecule has 1 aromatic rings. The van der Waals surface area contributed by atoms with Gasteiger partial charge >= 0.3 is 5.97 Å². The summed E-state index contributed by atoms with van der Waals surface area (Å²) in [5.41, 5.74) is 21.4. The first kappa shape index (κ1) is 30.5. The molecule has 0 radical (unpaired) electrons. The van der Waals surface area contributed by atoms with E-state index in [9.17, 15) is 38.7 Å². The summed E-state index contributed by atoms with van der Waals surface area (Å²) >= 11 is 0. The van der Waals surface area contributed by atoms with E-state index in [1.54, 1.807) is 30.3 Å². The Morgan fingerprint density at radius 2 is 1.22 bits per heavy atom. The average Bonchev–Trinajstić information content (AvgIpc) is 2.80. The molecule has 0 spiro atoms. The molecule has 15 heteroatoms. The monoisotopic (exact) mass is 521 g/mol. The van der Waals surface area contributed by atoms with Gasteiger partial charge in [-0.15, -0.1) is 0 Å². The van der Waals surface area contributed by atoms with Gasteiger partial charge in [0.05, 0.1) is 18.9 Å². The fourth-order valence-electron chi connectivity index (χ4n) is 3.15. The van der Waals surface area contributed by atoms with Gasteiger partial charge in [0.25, 0.3) is 0 Å². The summed E-state index contributed by atoms with van der Waals surface area (Å²) in [6, 6.07) is 2.55. The van der Waals surface area contributed by atoms with Crippen LogP contribution in [0.2, 0.25) is 0 Å². The van der Waals surface area contributed by atoms with Crippen molar-refractivity contribution in [1.82, 2.24) is 16.0 Å². The van der Waals surface area contributed by atoms with Gasteiger partial charge in [0, 0.05) is 12.8 Å². The summed E-state index contributed by atoms with van der Waals surface area (Å²) in [7, 11) is 0. The number of amides is 6. The molecule has 1 aromatic carbocycles. The van der Waals surface area contributed by atoms with E-state index in [0.717, 1.165) is 0 Å². The first-order chi connectivity index (χ1) is 17.3. The van der Waals surface area contributed by atoms with Crippen molar-refractivity contribution in [3.63, 3.8) is 0 Å². The number of nitrogens with one attached hydrogen (secondary N) is 3. The standard InChI is InChI=1S/C22H31N7O8/c23-12(9-17(25)31)19(33)28-15(10-18(26)32)21(35)29-14(8-11-4-2-1-3-5-11)20(34)27-13(22(36)37)6-7-16(24)30/h1-5,12-15H,6-10,23H2,(H2,24,30)(H2,25,31)(H2,26,32)(H,27,34)(H,28,33)(H,29,35)(H,36,37). The second-order valence-corrected chi connectivity index (χ2v) is 8.16. The second-order valence-electron chi connectivity index (χ2n) is 8.16. The molecular formula is C22H31N7O8. The Kier molecular flexibility index (Phi) is 12.2. The third kappa shape index (κ3) is 11.6. The lowest BCUT2D eigenvalue weighted by molar-refractivity contribution is -0.142. The first-order valence-corrected chi connectivity index (χ1v) is 11.1. The van der Waals surface area contributed by atoms with E-state index in [-0.39, 0.29) is 19.3 Å². The van der Waals surface area contributed by atoms with Crippen molar-refractivity contribution in [2.45, 2.75) is 56.3 Å². The van der Waals surface area contributed by atoms with Crippen molar-refractivity contribution in [3.8, 4) is 0 Å². The summed E-state index contributed by atoms with van der Waals surface area (Å²) in [5.74, 6) is -6.92. The molecule has 4 atom stereocenters. The van der Waals surface area contributed by atoms with Crippen LogP contribution in [0.1, 0.15) is 31.2 Å². The maximum Gasteiger partial charge on any atom is 0.326 e. The molecule has 0 aliphatic carbocycles. The van der Waals surface area contributed by atoms with Crippen molar-refractivity contribution in [3.05, 3.63) is 35.9 Å². The largest absolute Gasteiger partial charge is 0.480 e. The molecule has 15 nitrogen and oxygen atoms in total. The van der Waals surface area contributed by atoms with Gasteiger partial charge in [0.2, 0.25) is 35.4 Å². The zero-order chi connectivity index (χ0) is 28.1. The van der Waals surface area contributed by atoms with Crippen LogP contribution in [0, 0.1) is 0 Å². The summed E-state index contributed by atoms with van der Waals surface area (Å²) in [5, 5.41) is 16.2. The highest BCUT2D eigenvalue weighted by Crippen LogP contribution is 2.07. The van der Waals surface area contributed by atoms with Gasteiger partial charge in [0.15, 0.2) is 0 Å². The molecule has 0 aliphatic heterocycles. The average molecular weight is 522 g/mol. The molecule has 0 fully saturated rings. The SMILES string of the molecule is NC(=O)CCC(NC(=O)C(Cc1ccccc1)NC(=O)C(CC(N)=O)NC(=O)C(N)CC(N)=O)C(=O)O. The van der Waals surface area contributed by atoms with Crippen LogP contribution < -0.4 is 38.9 Å². The van der Waals surface area contributed by atoms with Crippen LogP contribution in [0.15, 0.2) is 30.3 Å². The summed E-state index contributed by atoms with van der Waals surface area (Å²) in [4.78, 5) is 83.3. The van der Waals surface area contributed by atoms with Crippen LogP contribution in [0.3, 0.4) is 0 Å². The third-order valence-electron chi connectivity index (χ3n) is 5.01. The number of primary amides is 3. The van der Waals surface area contributed by atoms with Gasteiger partial charge in [-0.2, -0.15) is 0 Å². The number of nitrogens with two attached hydrogens (primary N) is 4. The lowest BCUT2D eigenvalue weighted by Crippen LogP contribution is -2.58. The number of hydrogen-bond donors (Lipinski definition) is 8. The Labute approximate surface area is 211 Å². The smallest absolute Gasteiger partial charge is 0.326 e. The summed E-state index contributed by atoms with van der Waals surface area (Å²) in [6.07, 6.45) is -1.90. The number of aliphatic carboxylic acids is 1. The van der Waals surface area contributed by atoms with Crippen molar-refractivity contribution in [2.75, 3.05) is 0 Å². The molecule has 1 rings (SSSR count). The van der Waals surface area contributed by atoms with Crippen LogP contribution in [0.5, 0.6) is 0 Å². The van der Waals surface area contributed by atoms with E-state index in [4.69, 9.17) is 22.9 Å². The van der Waals surface area contributed by atoms with E-state index in [2.05, 4.69) is 16.0 Å². The van der Waals surface area contributed by atoms with Gasteiger partial charge in [-0.3, -0.25) is 28.8 Å². The topological polar surface area (TPSA) is 280 Å². The van der Waals surface area contributed by atoms with Crippen LogP contribution in [-0.4, -0.2) is 70.7 Å². The molecule has 6 amide bonds. The Morgan fingerprint density at radius 3 is 1.73 bits per heavy atom. The highest BCUT2D eigenvalue weighted by Gasteiger charge is 2.31. The second kappa shape index (κ2) is 14.8. The molecule has 4 unspecified atom stereocenters. The maximum atomic E-state index is 13.0. The molecule has 0 aliphatic rings. The minimum Gasteiger partial charge on any atom is -0.480 e. The van der Waals surface area contributed by atoms with Gasteiger partial charge in [-0.25, -0.2) is 4.79 Å². The zero-order valence-electron chi connectivity index (χ0n) is 19.8. The number of carboxylic acids is 1. The number of rotatable bonds is 16. The van der Waals surface area contributed by atoms with Crippen molar-refractivity contribution in [1.29, 1.82) is 0 Å². The minimum absolute atomic E-state index is 0.0982. The normalized spacial score (nSPS) is 13.8. The van der Waals surface area contributed by atoms with Gasteiger partial charge in [0.1, 0.15) is 18.1 Å². The molecule has 0 aromatic heterocycles. The third-order valence-corrected chi connectivity index (χ3v) is 5.01. The summed E-state index contributed by atoms with van der Waals surface area (Å²) < 4.78 is 0. The number of carbonyl (C=O) groups is 7. The Bertz CT molecular complexity index is 1020. The fourth-order valence-corrected chi connectivity index (χ4v) is 3.15. The van der Waals surface area contributed by atoms with Crippen LogP contribution in [-0.2, 0) is 40.0 Å². The number of hydrogen-bond acceptors (Lipinski definition) is 8. The van der Waals surface area contributed by atoms with Gasteiger partial charge in [-0.1, -0.05) is 30.3 Å². The lowest BCUT2D eigenvalue weighted by Gasteiger charge is -2.25. The highest BCUT2D eigenvalue weighted by atomic mass is 16.4. The molecule has 0 saturated heterocycles. The van der Waals surface area contributed by atoms with Gasteiger partial charge in [-0.05, 0) is 12.0 Å². The van der Waals surface area contributed by atoms with E-state index in [1.807, 2.05) is 0 Å².